The Labute approximate surface area is 197 Å². The number of aromatic nitrogens is 1. The fourth-order valence-electron chi connectivity index (χ4n) is 3.98. The molecule has 2 heterocycles. The molecule has 2 aliphatic rings. The van der Waals surface area contributed by atoms with Crippen LogP contribution in [0.3, 0.4) is 0 Å². The van der Waals surface area contributed by atoms with Gasteiger partial charge in [0.2, 0.25) is 0 Å². The van der Waals surface area contributed by atoms with Crippen molar-refractivity contribution >= 4 is 39.2 Å². The first kappa shape index (κ1) is 24.4. The molecular weight excluding hydrogens is 493 g/mol. The molecule has 0 radical (unpaired) electrons. The van der Waals surface area contributed by atoms with Gasteiger partial charge in [-0.25, -0.2) is 22.9 Å². The van der Waals surface area contributed by atoms with E-state index in [0.717, 1.165) is 17.0 Å². The van der Waals surface area contributed by atoms with Crippen molar-refractivity contribution in [2.24, 2.45) is 5.92 Å². The zero-order chi connectivity index (χ0) is 25.6. The van der Waals surface area contributed by atoms with E-state index in [-0.39, 0.29) is 18.2 Å². The number of imide groups is 1. The van der Waals surface area contributed by atoms with Crippen molar-refractivity contribution in [2.45, 2.75) is 35.7 Å². The average molecular weight is 512 g/mol. The summed E-state index contributed by atoms with van der Waals surface area (Å²) in [6.07, 6.45) is 2.89. The number of amides is 4. The molecule has 2 unspecified atom stereocenters. The zero-order valence-electron chi connectivity index (χ0n) is 18.1. The second-order valence-electron chi connectivity index (χ2n) is 7.97. The SMILES string of the molecule is CCOC(=O)Nc1cnccc1CC1CC12NC(=O)N(c1ccc(S(=O)(=O)C(F)(F)F)cc1)C2=O. The molecule has 2 fully saturated rings. The molecule has 4 rings (SSSR count). The quantitative estimate of drug-likeness (QED) is 0.568. The minimum atomic E-state index is -5.56. The van der Waals surface area contributed by atoms with Crippen LogP contribution in [-0.4, -0.2) is 49.1 Å². The largest absolute Gasteiger partial charge is 0.501 e. The molecule has 1 saturated carbocycles. The van der Waals surface area contributed by atoms with E-state index in [0.29, 0.717) is 36.2 Å². The van der Waals surface area contributed by atoms with Gasteiger partial charge in [-0.2, -0.15) is 13.2 Å². The number of halogens is 3. The monoisotopic (exact) mass is 512 g/mol. The summed E-state index contributed by atoms with van der Waals surface area (Å²) in [7, 11) is -5.56. The number of hydrogen-bond acceptors (Lipinski definition) is 7. The molecule has 1 aliphatic carbocycles. The van der Waals surface area contributed by atoms with Gasteiger partial charge < -0.3 is 10.1 Å². The van der Waals surface area contributed by atoms with Gasteiger partial charge in [0.05, 0.1) is 29.1 Å². The second kappa shape index (κ2) is 8.52. The van der Waals surface area contributed by atoms with E-state index in [1.54, 1.807) is 13.0 Å². The number of carbonyl (C=O) groups excluding carboxylic acids is 3. The van der Waals surface area contributed by atoms with Crippen LogP contribution in [0.1, 0.15) is 18.9 Å². The predicted molar refractivity (Wildman–Crippen MR) is 115 cm³/mol. The summed E-state index contributed by atoms with van der Waals surface area (Å²) in [5.74, 6) is -0.924. The van der Waals surface area contributed by atoms with Crippen molar-refractivity contribution < 1.29 is 40.7 Å². The number of sulfone groups is 1. The molecule has 186 valence electrons. The van der Waals surface area contributed by atoms with Crippen LogP contribution in [0.5, 0.6) is 0 Å². The summed E-state index contributed by atoms with van der Waals surface area (Å²) in [5.41, 5.74) is -5.70. The Morgan fingerprint density at radius 3 is 2.57 bits per heavy atom. The Hall–Kier alpha value is -3.68. The van der Waals surface area contributed by atoms with Crippen molar-refractivity contribution in [2.75, 3.05) is 16.8 Å². The summed E-state index contributed by atoms with van der Waals surface area (Å²) in [6.45, 7) is 1.83. The first-order valence-corrected chi connectivity index (χ1v) is 11.8. The number of benzene rings is 1. The summed E-state index contributed by atoms with van der Waals surface area (Å²) in [4.78, 5) is 41.2. The lowest BCUT2D eigenvalue weighted by molar-refractivity contribution is -0.119. The number of alkyl halides is 3. The predicted octanol–water partition coefficient (Wildman–Crippen LogP) is 3.00. The maximum absolute atomic E-state index is 13.1. The lowest BCUT2D eigenvalue weighted by Gasteiger charge is -2.15. The molecular formula is C21H19F3N4O6S. The third kappa shape index (κ3) is 4.29. The smallest absolute Gasteiger partial charge is 0.450 e. The molecule has 1 aliphatic heterocycles. The molecule has 2 N–H and O–H groups in total. The molecule has 1 aromatic heterocycles. The number of nitrogens with zero attached hydrogens (tertiary/aromatic N) is 2. The van der Waals surface area contributed by atoms with Crippen LogP contribution >= 0.6 is 0 Å². The van der Waals surface area contributed by atoms with Crippen LogP contribution < -0.4 is 15.5 Å². The minimum Gasteiger partial charge on any atom is -0.450 e. The van der Waals surface area contributed by atoms with Gasteiger partial charge in [-0.05, 0) is 61.6 Å². The highest BCUT2D eigenvalue weighted by Gasteiger charge is 2.67. The number of pyridine rings is 1. The van der Waals surface area contributed by atoms with E-state index in [1.807, 2.05) is 0 Å². The average Bonchev–Trinajstić information content (AvgIpc) is 3.40. The van der Waals surface area contributed by atoms with Gasteiger partial charge in [0.1, 0.15) is 5.54 Å². The molecule has 2 atom stereocenters. The topological polar surface area (TPSA) is 135 Å². The highest BCUT2D eigenvalue weighted by atomic mass is 32.2. The van der Waals surface area contributed by atoms with E-state index >= 15 is 0 Å². The maximum Gasteiger partial charge on any atom is 0.501 e. The van der Waals surface area contributed by atoms with E-state index < -0.39 is 43.8 Å². The Morgan fingerprint density at radius 2 is 1.94 bits per heavy atom. The van der Waals surface area contributed by atoms with E-state index in [1.165, 1.54) is 12.4 Å². The Balaban J connectivity index is 1.51. The number of nitrogens with one attached hydrogen (secondary N) is 2. The lowest BCUT2D eigenvalue weighted by atomic mass is 10.0. The van der Waals surface area contributed by atoms with Gasteiger partial charge in [0.15, 0.2) is 0 Å². The molecule has 1 aromatic carbocycles. The van der Waals surface area contributed by atoms with Gasteiger partial charge in [0.25, 0.3) is 15.7 Å². The number of carbonyl (C=O) groups is 3. The fourth-order valence-corrected chi connectivity index (χ4v) is 4.74. The fraction of sp³-hybridized carbons (Fsp3) is 0.333. The second-order valence-corrected chi connectivity index (χ2v) is 9.91. The molecule has 0 bridgehead atoms. The van der Waals surface area contributed by atoms with E-state index in [2.05, 4.69) is 15.6 Å². The standard InChI is InChI=1S/C21H19F3N4O6S/c1-2-34-19(31)26-16-11-25-8-7-12(16)9-13-10-20(13)17(29)28(18(30)27-20)14-3-5-15(6-4-14)35(32,33)21(22,23)24/h3-8,11,13H,2,9-10H2,1H3,(H,26,31)(H,27,30). The number of urea groups is 1. The minimum absolute atomic E-state index is 0.0651. The first-order chi connectivity index (χ1) is 16.4. The van der Waals surface area contributed by atoms with Gasteiger partial charge in [-0.3, -0.25) is 15.1 Å². The summed E-state index contributed by atoms with van der Waals surface area (Å²) < 4.78 is 66.3. The van der Waals surface area contributed by atoms with Crippen molar-refractivity contribution in [1.82, 2.24) is 10.3 Å². The van der Waals surface area contributed by atoms with Crippen LogP contribution in [0.2, 0.25) is 0 Å². The highest BCUT2D eigenvalue weighted by molar-refractivity contribution is 7.92. The van der Waals surface area contributed by atoms with Gasteiger partial charge >= 0.3 is 17.6 Å². The first-order valence-electron chi connectivity index (χ1n) is 10.4. The summed E-state index contributed by atoms with van der Waals surface area (Å²) in [6, 6.07) is 4.21. The van der Waals surface area contributed by atoms with Crippen molar-refractivity contribution in [3.05, 3.63) is 48.3 Å². The number of hydrogen-bond donors (Lipinski definition) is 2. The Bertz CT molecular complexity index is 1300. The Kier molecular flexibility index (Phi) is 5.95. The number of ether oxygens (including phenoxy) is 1. The third-order valence-corrected chi connectivity index (χ3v) is 7.32. The van der Waals surface area contributed by atoms with Crippen LogP contribution in [0.4, 0.5) is 34.1 Å². The Morgan fingerprint density at radius 1 is 1.26 bits per heavy atom. The molecule has 2 aromatic rings. The lowest BCUT2D eigenvalue weighted by Crippen LogP contribution is -2.35. The number of rotatable bonds is 6. The molecule has 1 spiro atoms. The van der Waals surface area contributed by atoms with Gasteiger partial charge in [-0.15, -0.1) is 0 Å². The van der Waals surface area contributed by atoms with Crippen molar-refractivity contribution in [3.8, 4) is 0 Å². The van der Waals surface area contributed by atoms with Gasteiger partial charge in [0, 0.05) is 6.20 Å². The van der Waals surface area contributed by atoms with E-state index in [9.17, 15) is 36.0 Å². The molecule has 10 nitrogen and oxygen atoms in total. The van der Waals surface area contributed by atoms with Gasteiger partial charge in [-0.1, -0.05) is 0 Å². The highest BCUT2D eigenvalue weighted by Crippen LogP contribution is 2.50. The maximum atomic E-state index is 13.1. The molecule has 1 saturated heterocycles. The zero-order valence-corrected chi connectivity index (χ0v) is 18.9. The summed E-state index contributed by atoms with van der Waals surface area (Å²) in [5, 5.41) is 5.20. The van der Waals surface area contributed by atoms with Crippen LogP contribution in [-0.2, 0) is 25.8 Å². The van der Waals surface area contributed by atoms with E-state index in [4.69, 9.17) is 4.74 Å². The summed E-state index contributed by atoms with van der Waals surface area (Å²) >= 11 is 0. The number of anilines is 2. The van der Waals surface area contributed by atoms with Crippen molar-refractivity contribution in [3.63, 3.8) is 0 Å². The van der Waals surface area contributed by atoms with Crippen LogP contribution in [0.15, 0.2) is 47.6 Å². The third-order valence-electron chi connectivity index (χ3n) is 5.82. The van der Waals surface area contributed by atoms with Crippen LogP contribution in [0.25, 0.3) is 0 Å². The molecule has 4 amide bonds. The molecule has 14 heteroatoms. The van der Waals surface area contributed by atoms with Crippen LogP contribution in [0, 0.1) is 5.92 Å². The normalized spacial score (nSPS) is 21.7. The van der Waals surface area contributed by atoms with Crippen molar-refractivity contribution in [1.29, 1.82) is 0 Å². The molecule has 35 heavy (non-hydrogen) atoms.